The standard InChI is InChI=1S/C20H22NO2/c1-14(2)23-19-12-8-11-17(15(19)3)18-13-22-20(21(18)4)16-9-6-5-7-10-16/h5-14H,1-4H3/q+1. The maximum atomic E-state index is 5.90. The summed E-state index contributed by atoms with van der Waals surface area (Å²) in [5.41, 5.74) is 4.35. The van der Waals surface area contributed by atoms with E-state index < -0.39 is 0 Å². The van der Waals surface area contributed by atoms with Crippen LogP contribution in [0.25, 0.3) is 22.7 Å². The first-order valence-corrected chi connectivity index (χ1v) is 7.87. The average molecular weight is 308 g/mol. The Morgan fingerprint density at radius 2 is 1.74 bits per heavy atom. The van der Waals surface area contributed by atoms with Crippen LogP contribution in [0.1, 0.15) is 19.4 Å². The van der Waals surface area contributed by atoms with E-state index in [1.807, 2.05) is 69.6 Å². The minimum absolute atomic E-state index is 0.155. The Hall–Kier alpha value is -2.55. The molecule has 0 atom stereocenters. The summed E-state index contributed by atoms with van der Waals surface area (Å²) in [5.74, 6) is 1.76. The Kier molecular flexibility index (Phi) is 4.20. The van der Waals surface area contributed by atoms with Crippen LogP contribution < -0.4 is 9.30 Å². The van der Waals surface area contributed by atoms with Crippen molar-refractivity contribution in [2.75, 3.05) is 0 Å². The summed E-state index contributed by atoms with van der Waals surface area (Å²) in [6.07, 6.45) is 1.96. The van der Waals surface area contributed by atoms with E-state index in [2.05, 4.69) is 17.6 Å². The van der Waals surface area contributed by atoms with Gasteiger partial charge >= 0.3 is 5.89 Å². The van der Waals surface area contributed by atoms with Crippen LogP contribution in [-0.2, 0) is 7.05 Å². The second kappa shape index (κ2) is 6.29. The summed E-state index contributed by atoms with van der Waals surface area (Å²) in [4.78, 5) is 0. The molecule has 0 unspecified atom stereocenters. The SMILES string of the molecule is Cc1c(OC(C)C)cccc1-c1coc(-c2ccccc2)[n+]1C. The number of hydrogen-bond donors (Lipinski definition) is 0. The van der Waals surface area contributed by atoms with Crippen LogP contribution >= 0.6 is 0 Å². The second-order valence-corrected chi connectivity index (χ2v) is 5.95. The quantitative estimate of drug-likeness (QED) is 0.662. The molecular formula is C20H22NO2+. The van der Waals surface area contributed by atoms with Crippen LogP contribution in [0.15, 0.2) is 59.2 Å². The highest BCUT2D eigenvalue weighted by atomic mass is 16.5. The molecule has 0 N–H and O–H groups in total. The Bertz CT molecular complexity index is 804. The van der Waals surface area contributed by atoms with E-state index in [-0.39, 0.29) is 6.10 Å². The highest BCUT2D eigenvalue weighted by Crippen LogP contribution is 2.30. The van der Waals surface area contributed by atoms with Gasteiger partial charge in [0.1, 0.15) is 12.8 Å². The lowest BCUT2D eigenvalue weighted by atomic mass is 10.1. The van der Waals surface area contributed by atoms with Crippen molar-refractivity contribution in [2.45, 2.75) is 26.9 Å². The molecule has 3 aromatic rings. The van der Waals surface area contributed by atoms with Gasteiger partial charge in [0.05, 0.1) is 17.2 Å². The van der Waals surface area contributed by atoms with Gasteiger partial charge in [-0.05, 0) is 45.0 Å². The van der Waals surface area contributed by atoms with Gasteiger partial charge in [-0.25, -0.2) is 0 Å². The van der Waals surface area contributed by atoms with Crippen molar-refractivity contribution in [3.05, 3.63) is 60.4 Å². The first-order valence-electron chi connectivity index (χ1n) is 7.87. The topological polar surface area (TPSA) is 26.2 Å². The minimum Gasteiger partial charge on any atom is -0.491 e. The molecule has 0 bridgehead atoms. The molecule has 0 spiro atoms. The number of oxazole rings is 1. The fourth-order valence-electron chi connectivity index (χ4n) is 2.74. The Labute approximate surface area is 137 Å². The molecule has 3 heteroatoms. The molecular weight excluding hydrogens is 286 g/mol. The van der Waals surface area contributed by atoms with Gasteiger partial charge < -0.3 is 9.15 Å². The lowest BCUT2D eigenvalue weighted by Crippen LogP contribution is -2.30. The van der Waals surface area contributed by atoms with Gasteiger partial charge in [-0.1, -0.05) is 24.3 Å². The number of ether oxygens (including phenoxy) is 1. The summed E-state index contributed by atoms with van der Waals surface area (Å²) >= 11 is 0. The van der Waals surface area contributed by atoms with E-state index in [0.717, 1.165) is 34.0 Å². The van der Waals surface area contributed by atoms with Crippen molar-refractivity contribution in [2.24, 2.45) is 7.05 Å². The summed E-state index contributed by atoms with van der Waals surface area (Å²) in [7, 11) is 2.02. The molecule has 0 radical (unpaired) electrons. The maximum absolute atomic E-state index is 5.90. The molecule has 118 valence electrons. The van der Waals surface area contributed by atoms with Crippen molar-refractivity contribution < 1.29 is 13.7 Å². The zero-order valence-electron chi connectivity index (χ0n) is 14.0. The van der Waals surface area contributed by atoms with Gasteiger partial charge in [-0.3, -0.25) is 0 Å². The zero-order valence-corrected chi connectivity index (χ0v) is 14.0. The lowest BCUT2D eigenvalue weighted by molar-refractivity contribution is -0.651. The molecule has 0 fully saturated rings. The van der Waals surface area contributed by atoms with Crippen LogP contribution in [0, 0.1) is 6.92 Å². The van der Waals surface area contributed by atoms with Crippen LogP contribution in [-0.4, -0.2) is 6.10 Å². The molecule has 0 amide bonds. The molecule has 3 rings (SSSR count). The minimum atomic E-state index is 0.155. The monoisotopic (exact) mass is 308 g/mol. The molecule has 1 aromatic heterocycles. The van der Waals surface area contributed by atoms with Crippen LogP contribution in [0.4, 0.5) is 0 Å². The van der Waals surface area contributed by atoms with E-state index in [0.29, 0.717) is 0 Å². The van der Waals surface area contributed by atoms with Crippen LogP contribution in [0.5, 0.6) is 5.75 Å². The Morgan fingerprint density at radius 3 is 2.43 bits per heavy atom. The van der Waals surface area contributed by atoms with Crippen molar-refractivity contribution in [3.8, 4) is 28.5 Å². The van der Waals surface area contributed by atoms with E-state index >= 15 is 0 Å². The zero-order chi connectivity index (χ0) is 16.4. The number of hydrogen-bond acceptors (Lipinski definition) is 2. The average Bonchev–Trinajstić information content (AvgIpc) is 2.91. The number of nitrogens with zero attached hydrogens (tertiary/aromatic N) is 1. The first kappa shape index (κ1) is 15.3. The first-order chi connectivity index (χ1) is 11.1. The maximum Gasteiger partial charge on any atom is 0.380 e. The molecule has 0 saturated heterocycles. The number of rotatable bonds is 4. The summed E-state index contributed by atoms with van der Waals surface area (Å²) in [6.45, 7) is 6.16. The molecule has 0 aliphatic carbocycles. The Morgan fingerprint density at radius 1 is 1.00 bits per heavy atom. The van der Waals surface area contributed by atoms with E-state index in [4.69, 9.17) is 9.15 Å². The van der Waals surface area contributed by atoms with E-state index in [1.165, 1.54) is 0 Å². The largest absolute Gasteiger partial charge is 0.491 e. The number of aromatic nitrogens is 1. The summed E-state index contributed by atoms with van der Waals surface area (Å²) < 4.78 is 13.8. The van der Waals surface area contributed by atoms with Gasteiger partial charge in [0, 0.05) is 5.56 Å². The van der Waals surface area contributed by atoms with Gasteiger partial charge in [0.15, 0.2) is 6.26 Å². The molecule has 3 nitrogen and oxygen atoms in total. The van der Waals surface area contributed by atoms with Gasteiger partial charge in [0.25, 0.3) is 5.69 Å². The van der Waals surface area contributed by atoms with Crippen LogP contribution in [0.2, 0.25) is 0 Å². The molecule has 0 aliphatic heterocycles. The third kappa shape index (κ3) is 3.00. The van der Waals surface area contributed by atoms with Gasteiger partial charge in [-0.15, -0.1) is 0 Å². The van der Waals surface area contributed by atoms with Crippen molar-refractivity contribution >= 4 is 0 Å². The van der Waals surface area contributed by atoms with Crippen molar-refractivity contribution in [1.82, 2.24) is 0 Å². The molecule has 0 saturated carbocycles. The van der Waals surface area contributed by atoms with Crippen LogP contribution in [0.3, 0.4) is 0 Å². The Balaban J connectivity index is 2.05. The molecule has 0 aliphatic rings. The number of benzene rings is 2. The lowest BCUT2D eigenvalue weighted by Gasteiger charge is -2.13. The fourth-order valence-corrected chi connectivity index (χ4v) is 2.74. The molecule has 1 heterocycles. The fraction of sp³-hybridized carbons (Fsp3) is 0.250. The summed E-state index contributed by atoms with van der Waals surface area (Å²) in [6, 6.07) is 16.3. The highest BCUT2D eigenvalue weighted by molar-refractivity contribution is 5.65. The van der Waals surface area contributed by atoms with Gasteiger partial charge in [-0.2, -0.15) is 4.57 Å². The van der Waals surface area contributed by atoms with Crippen molar-refractivity contribution in [3.63, 3.8) is 0 Å². The normalized spacial score (nSPS) is 11.0. The predicted molar refractivity (Wildman–Crippen MR) is 91.3 cm³/mol. The molecule has 23 heavy (non-hydrogen) atoms. The highest BCUT2D eigenvalue weighted by Gasteiger charge is 2.23. The smallest absolute Gasteiger partial charge is 0.380 e. The third-order valence-electron chi connectivity index (χ3n) is 3.89. The van der Waals surface area contributed by atoms with Crippen molar-refractivity contribution in [1.29, 1.82) is 0 Å². The third-order valence-corrected chi connectivity index (χ3v) is 3.89. The van der Waals surface area contributed by atoms with E-state index in [9.17, 15) is 0 Å². The van der Waals surface area contributed by atoms with Gasteiger partial charge in [0.2, 0.25) is 0 Å². The second-order valence-electron chi connectivity index (χ2n) is 5.95. The predicted octanol–water partition coefficient (Wildman–Crippen LogP) is 4.53. The summed E-state index contributed by atoms with van der Waals surface area (Å²) in [5, 5.41) is 0. The van der Waals surface area contributed by atoms with E-state index in [1.54, 1.807) is 0 Å². The molecule has 2 aromatic carbocycles.